The Morgan fingerprint density at radius 2 is 1.88 bits per heavy atom. The Balaban J connectivity index is 1.97. The van der Waals surface area contributed by atoms with E-state index in [0.717, 1.165) is 5.92 Å². The van der Waals surface area contributed by atoms with E-state index in [4.69, 9.17) is 0 Å². The first-order valence-corrected chi connectivity index (χ1v) is 7.64. The molecule has 0 saturated carbocycles. The SMILES string of the molecule is CCCCCCC(C)NCC1CCN(C)CC1. The predicted octanol–water partition coefficient (Wildman–Crippen LogP) is 3.28. The third-order valence-electron chi connectivity index (χ3n) is 4.08. The first-order chi connectivity index (χ1) is 8.22. The Labute approximate surface area is 108 Å². The van der Waals surface area contributed by atoms with Crippen LogP contribution < -0.4 is 5.32 Å². The van der Waals surface area contributed by atoms with Crippen molar-refractivity contribution >= 4 is 0 Å². The molecule has 0 radical (unpaired) electrons. The number of unbranched alkanes of at least 4 members (excludes halogenated alkanes) is 3. The van der Waals surface area contributed by atoms with Gasteiger partial charge < -0.3 is 10.2 Å². The summed E-state index contributed by atoms with van der Waals surface area (Å²) in [6.07, 6.45) is 9.68. The van der Waals surface area contributed by atoms with E-state index in [1.165, 1.54) is 64.6 Å². The van der Waals surface area contributed by atoms with Crippen molar-refractivity contribution in [2.75, 3.05) is 26.7 Å². The van der Waals surface area contributed by atoms with Gasteiger partial charge in [-0.15, -0.1) is 0 Å². The molecule has 0 bridgehead atoms. The number of hydrogen-bond donors (Lipinski definition) is 1. The lowest BCUT2D eigenvalue weighted by Crippen LogP contribution is -2.37. The van der Waals surface area contributed by atoms with Gasteiger partial charge in [0.1, 0.15) is 0 Å². The fourth-order valence-electron chi connectivity index (χ4n) is 2.61. The summed E-state index contributed by atoms with van der Waals surface area (Å²) >= 11 is 0. The monoisotopic (exact) mass is 240 g/mol. The molecule has 0 amide bonds. The molecule has 1 unspecified atom stereocenters. The topological polar surface area (TPSA) is 15.3 Å². The van der Waals surface area contributed by atoms with Gasteiger partial charge in [0.15, 0.2) is 0 Å². The van der Waals surface area contributed by atoms with Gasteiger partial charge in [-0.2, -0.15) is 0 Å². The first kappa shape index (κ1) is 15.0. The van der Waals surface area contributed by atoms with Crippen LogP contribution in [0.5, 0.6) is 0 Å². The minimum atomic E-state index is 0.714. The van der Waals surface area contributed by atoms with E-state index in [-0.39, 0.29) is 0 Å². The molecular formula is C15H32N2. The standard InChI is InChI=1S/C15H32N2/c1-4-5-6-7-8-14(2)16-13-15-9-11-17(3)12-10-15/h14-16H,4-13H2,1-3H3. The molecule has 2 heteroatoms. The summed E-state index contributed by atoms with van der Waals surface area (Å²) in [5.74, 6) is 0.921. The van der Waals surface area contributed by atoms with Crippen molar-refractivity contribution < 1.29 is 0 Å². The minimum absolute atomic E-state index is 0.714. The normalized spacial score (nSPS) is 20.6. The van der Waals surface area contributed by atoms with Crippen LogP contribution in [-0.2, 0) is 0 Å². The summed E-state index contributed by atoms with van der Waals surface area (Å²) in [5, 5.41) is 3.73. The van der Waals surface area contributed by atoms with Crippen LogP contribution in [0.4, 0.5) is 0 Å². The highest BCUT2D eigenvalue weighted by Crippen LogP contribution is 2.15. The summed E-state index contributed by atoms with van der Waals surface area (Å²) < 4.78 is 0. The molecule has 1 heterocycles. The zero-order valence-corrected chi connectivity index (χ0v) is 12.2. The fourth-order valence-corrected chi connectivity index (χ4v) is 2.61. The molecule has 1 saturated heterocycles. The van der Waals surface area contributed by atoms with Crippen LogP contribution in [0.2, 0.25) is 0 Å². The van der Waals surface area contributed by atoms with E-state index in [0.29, 0.717) is 6.04 Å². The van der Waals surface area contributed by atoms with Gasteiger partial charge in [0.25, 0.3) is 0 Å². The van der Waals surface area contributed by atoms with Crippen LogP contribution in [0.15, 0.2) is 0 Å². The summed E-state index contributed by atoms with van der Waals surface area (Å²) in [5.41, 5.74) is 0. The molecule has 0 aliphatic carbocycles. The Morgan fingerprint density at radius 3 is 2.53 bits per heavy atom. The minimum Gasteiger partial charge on any atom is -0.314 e. The largest absolute Gasteiger partial charge is 0.314 e. The number of likely N-dealkylation sites (tertiary alicyclic amines) is 1. The molecule has 1 atom stereocenters. The summed E-state index contributed by atoms with van der Waals surface area (Å²) in [7, 11) is 2.24. The van der Waals surface area contributed by atoms with E-state index >= 15 is 0 Å². The number of nitrogens with zero attached hydrogens (tertiary/aromatic N) is 1. The highest BCUT2D eigenvalue weighted by atomic mass is 15.1. The molecule has 0 aromatic rings. The highest BCUT2D eigenvalue weighted by molar-refractivity contribution is 4.73. The van der Waals surface area contributed by atoms with Gasteiger partial charge in [0.05, 0.1) is 0 Å². The zero-order chi connectivity index (χ0) is 12.5. The fraction of sp³-hybridized carbons (Fsp3) is 1.00. The van der Waals surface area contributed by atoms with Gasteiger partial charge >= 0.3 is 0 Å². The molecule has 1 N–H and O–H groups in total. The van der Waals surface area contributed by atoms with Crippen molar-refractivity contribution in [1.82, 2.24) is 10.2 Å². The Kier molecular flexibility index (Phi) is 7.87. The molecule has 102 valence electrons. The molecule has 1 rings (SSSR count). The third-order valence-corrected chi connectivity index (χ3v) is 4.08. The molecule has 0 aromatic carbocycles. The predicted molar refractivity (Wildman–Crippen MR) is 76.4 cm³/mol. The van der Waals surface area contributed by atoms with Crippen LogP contribution >= 0.6 is 0 Å². The Bertz CT molecular complexity index is 174. The number of hydrogen-bond acceptors (Lipinski definition) is 2. The van der Waals surface area contributed by atoms with Crippen LogP contribution in [0.25, 0.3) is 0 Å². The van der Waals surface area contributed by atoms with E-state index in [1.54, 1.807) is 0 Å². The van der Waals surface area contributed by atoms with E-state index in [9.17, 15) is 0 Å². The molecule has 17 heavy (non-hydrogen) atoms. The van der Waals surface area contributed by atoms with Crippen LogP contribution in [0.3, 0.4) is 0 Å². The lowest BCUT2D eigenvalue weighted by Gasteiger charge is -2.30. The van der Waals surface area contributed by atoms with Gasteiger partial charge in [0, 0.05) is 6.04 Å². The molecular weight excluding hydrogens is 208 g/mol. The van der Waals surface area contributed by atoms with Gasteiger partial charge in [-0.05, 0) is 58.8 Å². The average Bonchev–Trinajstić information content (AvgIpc) is 2.34. The maximum atomic E-state index is 3.73. The van der Waals surface area contributed by atoms with E-state index < -0.39 is 0 Å². The lowest BCUT2D eigenvalue weighted by atomic mass is 9.96. The molecule has 0 aromatic heterocycles. The van der Waals surface area contributed by atoms with Crippen molar-refractivity contribution in [3.8, 4) is 0 Å². The third kappa shape index (κ3) is 7.05. The first-order valence-electron chi connectivity index (χ1n) is 7.64. The molecule has 1 fully saturated rings. The Hall–Kier alpha value is -0.0800. The van der Waals surface area contributed by atoms with Crippen LogP contribution in [-0.4, -0.2) is 37.6 Å². The van der Waals surface area contributed by atoms with Crippen LogP contribution in [0.1, 0.15) is 58.8 Å². The maximum absolute atomic E-state index is 3.73. The van der Waals surface area contributed by atoms with E-state index in [1.807, 2.05) is 0 Å². The summed E-state index contributed by atoms with van der Waals surface area (Å²) in [6, 6.07) is 0.714. The number of nitrogens with one attached hydrogen (secondary N) is 1. The quantitative estimate of drug-likeness (QED) is 0.655. The Morgan fingerprint density at radius 1 is 1.18 bits per heavy atom. The molecule has 1 aliphatic rings. The summed E-state index contributed by atoms with van der Waals surface area (Å²) in [6.45, 7) is 8.44. The van der Waals surface area contributed by atoms with Crippen molar-refractivity contribution in [1.29, 1.82) is 0 Å². The lowest BCUT2D eigenvalue weighted by molar-refractivity contribution is 0.212. The van der Waals surface area contributed by atoms with Gasteiger partial charge in [-0.1, -0.05) is 32.6 Å². The maximum Gasteiger partial charge on any atom is 0.00388 e. The average molecular weight is 240 g/mol. The zero-order valence-electron chi connectivity index (χ0n) is 12.2. The smallest absolute Gasteiger partial charge is 0.00388 e. The van der Waals surface area contributed by atoms with E-state index in [2.05, 4.69) is 31.1 Å². The second kappa shape index (κ2) is 8.93. The molecule has 1 aliphatic heterocycles. The molecule has 0 spiro atoms. The van der Waals surface area contributed by atoms with Crippen molar-refractivity contribution in [2.45, 2.75) is 64.8 Å². The molecule has 2 nitrogen and oxygen atoms in total. The van der Waals surface area contributed by atoms with Gasteiger partial charge in [-0.3, -0.25) is 0 Å². The summed E-state index contributed by atoms with van der Waals surface area (Å²) in [4.78, 5) is 2.45. The van der Waals surface area contributed by atoms with Gasteiger partial charge in [0.2, 0.25) is 0 Å². The second-order valence-corrected chi connectivity index (χ2v) is 5.91. The highest BCUT2D eigenvalue weighted by Gasteiger charge is 2.16. The van der Waals surface area contributed by atoms with Crippen molar-refractivity contribution in [3.63, 3.8) is 0 Å². The van der Waals surface area contributed by atoms with Crippen molar-refractivity contribution in [3.05, 3.63) is 0 Å². The number of rotatable bonds is 8. The van der Waals surface area contributed by atoms with Crippen LogP contribution in [0, 0.1) is 5.92 Å². The number of piperidine rings is 1. The second-order valence-electron chi connectivity index (χ2n) is 5.91. The van der Waals surface area contributed by atoms with Crippen molar-refractivity contribution in [2.24, 2.45) is 5.92 Å². The van der Waals surface area contributed by atoms with Gasteiger partial charge in [-0.25, -0.2) is 0 Å².